The van der Waals surface area contributed by atoms with Crippen LogP contribution in [0.4, 0.5) is 0 Å². The van der Waals surface area contributed by atoms with Gasteiger partial charge in [-0.2, -0.15) is 0 Å². The van der Waals surface area contributed by atoms with Crippen molar-refractivity contribution >= 4 is 5.57 Å². The Balaban J connectivity index is 1.49. The Kier molecular flexibility index (Phi) is 4.13. The minimum atomic E-state index is -0.117. The number of aromatic nitrogens is 1. The summed E-state index contributed by atoms with van der Waals surface area (Å²) in [6.07, 6.45) is 18.3. The summed E-state index contributed by atoms with van der Waals surface area (Å²) in [5.41, 5.74) is 5.10. The minimum absolute atomic E-state index is 0.117. The van der Waals surface area contributed by atoms with Gasteiger partial charge in [-0.1, -0.05) is 37.6 Å². The summed E-state index contributed by atoms with van der Waals surface area (Å²) < 4.78 is 0. The van der Waals surface area contributed by atoms with E-state index in [-0.39, 0.29) is 6.10 Å². The van der Waals surface area contributed by atoms with Gasteiger partial charge >= 0.3 is 0 Å². The number of allylic oxidation sites excluding steroid dienone is 3. The maximum absolute atomic E-state index is 10.3. The third kappa shape index (κ3) is 2.75. The van der Waals surface area contributed by atoms with E-state index in [2.05, 4.69) is 49.3 Å². The van der Waals surface area contributed by atoms with Crippen LogP contribution < -0.4 is 0 Å². The smallest absolute Gasteiger partial charge is 0.0577 e. The molecule has 2 nitrogen and oxygen atoms in total. The third-order valence-corrected chi connectivity index (χ3v) is 8.74. The van der Waals surface area contributed by atoms with E-state index in [1.54, 1.807) is 5.57 Å². The lowest BCUT2D eigenvalue weighted by atomic mass is 9.52. The van der Waals surface area contributed by atoms with Crippen LogP contribution in [0.1, 0.15) is 70.8 Å². The molecule has 2 fully saturated rings. The Morgan fingerprint density at radius 3 is 2.78 bits per heavy atom. The van der Waals surface area contributed by atoms with Crippen molar-refractivity contribution < 1.29 is 5.11 Å². The Labute approximate surface area is 163 Å². The largest absolute Gasteiger partial charge is 0.393 e. The van der Waals surface area contributed by atoms with Crippen LogP contribution in [0.5, 0.6) is 0 Å². The quantitative estimate of drug-likeness (QED) is 0.641. The molecular formula is C25H33NO. The number of hydrogen-bond acceptors (Lipinski definition) is 2. The molecular weight excluding hydrogens is 330 g/mol. The Morgan fingerprint density at radius 1 is 1.07 bits per heavy atom. The van der Waals surface area contributed by atoms with Gasteiger partial charge in [-0.15, -0.1) is 0 Å². The first-order valence-electron chi connectivity index (χ1n) is 11.0. The number of nitrogens with zero attached hydrogens (tertiary/aromatic N) is 1. The van der Waals surface area contributed by atoms with Gasteiger partial charge in [-0.3, -0.25) is 4.98 Å². The Hall–Kier alpha value is -1.41. The van der Waals surface area contributed by atoms with Gasteiger partial charge in [-0.05, 0) is 97.2 Å². The van der Waals surface area contributed by atoms with E-state index in [1.165, 1.54) is 49.7 Å². The SMILES string of the molecule is CC12CCC(O)CC(=CCC3C1CCC1(C)C(c4cccnc4)=CCC31)C2. The molecule has 0 radical (unpaired) electrons. The summed E-state index contributed by atoms with van der Waals surface area (Å²) in [6, 6.07) is 4.32. The van der Waals surface area contributed by atoms with Crippen LogP contribution in [-0.4, -0.2) is 16.2 Å². The average molecular weight is 364 g/mol. The van der Waals surface area contributed by atoms with Gasteiger partial charge in [0.15, 0.2) is 0 Å². The van der Waals surface area contributed by atoms with Crippen molar-refractivity contribution in [1.82, 2.24) is 4.98 Å². The first kappa shape index (κ1) is 17.7. The lowest BCUT2D eigenvalue weighted by Gasteiger charge is -2.53. The number of pyridine rings is 1. The van der Waals surface area contributed by atoms with Crippen molar-refractivity contribution in [1.29, 1.82) is 0 Å². The highest BCUT2D eigenvalue weighted by atomic mass is 16.3. The summed E-state index contributed by atoms with van der Waals surface area (Å²) in [7, 11) is 0. The molecule has 27 heavy (non-hydrogen) atoms. The van der Waals surface area contributed by atoms with Crippen LogP contribution in [-0.2, 0) is 0 Å². The van der Waals surface area contributed by atoms with E-state index >= 15 is 0 Å². The van der Waals surface area contributed by atoms with Crippen LogP contribution >= 0.6 is 0 Å². The topological polar surface area (TPSA) is 33.1 Å². The highest BCUT2D eigenvalue weighted by Crippen LogP contribution is 2.64. The summed E-state index contributed by atoms with van der Waals surface area (Å²) in [6.45, 7) is 5.07. The number of aliphatic hydroxyl groups is 1. The van der Waals surface area contributed by atoms with E-state index in [0.29, 0.717) is 10.8 Å². The van der Waals surface area contributed by atoms with Gasteiger partial charge in [0.2, 0.25) is 0 Å². The molecule has 1 heterocycles. The molecule has 1 aromatic heterocycles. The fourth-order valence-corrected chi connectivity index (χ4v) is 7.37. The van der Waals surface area contributed by atoms with Crippen molar-refractivity contribution in [3.63, 3.8) is 0 Å². The second-order valence-corrected chi connectivity index (χ2v) is 10.3. The van der Waals surface area contributed by atoms with Crippen molar-refractivity contribution in [2.75, 3.05) is 0 Å². The van der Waals surface area contributed by atoms with Crippen molar-refractivity contribution in [2.24, 2.45) is 28.6 Å². The predicted molar refractivity (Wildman–Crippen MR) is 110 cm³/mol. The van der Waals surface area contributed by atoms with Crippen molar-refractivity contribution in [3.8, 4) is 0 Å². The molecule has 2 heteroatoms. The molecule has 1 aromatic rings. The molecule has 0 saturated heterocycles. The monoisotopic (exact) mass is 363 g/mol. The lowest BCUT2D eigenvalue weighted by molar-refractivity contribution is -0.00883. The maximum Gasteiger partial charge on any atom is 0.0577 e. The second-order valence-electron chi connectivity index (χ2n) is 10.3. The average Bonchev–Trinajstić information content (AvgIpc) is 2.85. The second kappa shape index (κ2) is 6.30. The summed E-state index contributed by atoms with van der Waals surface area (Å²) in [5, 5.41) is 10.3. The molecule has 2 bridgehead atoms. The zero-order valence-corrected chi connectivity index (χ0v) is 16.8. The normalized spacial score (nSPS) is 43.7. The van der Waals surface area contributed by atoms with E-state index < -0.39 is 0 Å². The van der Waals surface area contributed by atoms with Gasteiger partial charge in [0, 0.05) is 12.4 Å². The van der Waals surface area contributed by atoms with Crippen LogP contribution in [0.3, 0.4) is 0 Å². The van der Waals surface area contributed by atoms with Crippen LogP contribution in [0, 0.1) is 28.6 Å². The van der Waals surface area contributed by atoms with Crippen LogP contribution in [0.25, 0.3) is 5.57 Å². The standard InChI is InChI=1S/C25H33NO/c1-24-11-9-19(27)14-17(15-24)5-6-20-22(24)10-12-25(2)21(7-8-23(20)25)18-4-3-13-26-16-18/h3-5,7,13,16,19-20,22-23,27H,6,8-12,14-15H2,1-2H3. The van der Waals surface area contributed by atoms with E-state index in [0.717, 1.165) is 30.6 Å². The van der Waals surface area contributed by atoms with Crippen molar-refractivity contribution in [2.45, 2.75) is 71.3 Å². The van der Waals surface area contributed by atoms with Gasteiger partial charge in [-0.25, -0.2) is 0 Å². The maximum atomic E-state index is 10.3. The molecule has 6 unspecified atom stereocenters. The zero-order valence-electron chi connectivity index (χ0n) is 16.8. The minimum Gasteiger partial charge on any atom is -0.393 e. The van der Waals surface area contributed by atoms with Crippen molar-refractivity contribution in [3.05, 3.63) is 47.8 Å². The highest BCUT2D eigenvalue weighted by molar-refractivity contribution is 5.72. The van der Waals surface area contributed by atoms with Gasteiger partial charge in [0.05, 0.1) is 6.10 Å². The lowest BCUT2D eigenvalue weighted by Crippen LogP contribution is -2.45. The molecule has 0 amide bonds. The molecule has 0 spiro atoms. The summed E-state index contributed by atoms with van der Waals surface area (Å²) in [4.78, 5) is 4.39. The van der Waals surface area contributed by atoms with E-state index in [4.69, 9.17) is 0 Å². The first-order valence-corrected chi connectivity index (χ1v) is 11.0. The molecule has 4 aliphatic carbocycles. The fraction of sp³-hybridized carbons (Fsp3) is 0.640. The fourth-order valence-electron chi connectivity index (χ4n) is 7.37. The number of rotatable bonds is 1. The van der Waals surface area contributed by atoms with Gasteiger partial charge < -0.3 is 5.11 Å². The van der Waals surface area contributed by atoms with Gasteiger partial charge in [0.25, 0.3) is 0 Å². The predicted octanol–water partition coefficient (Wildman–Crippen LogP) is 5.79. The van der Waals surface area contributed by atoms with Crippen LogP contribution in [0.2, 0.25) is 0 Å². The van der Waals surface area contributed by atoms with Gasteiger partial charge in [0.1, 0.15) is 0 Å². The Bertz CT molecular complexity index is 781. The number of hydrogen-bond donors (Lipinski definition) is 1. The molecule has 0 aliphatic heterocycles. The third-order valence-electron chi connectivity index (χ3n) is 8.74. The molecule has 4 aliphatic rings. The van der Waals surface area contributed by atoms with E-state index in [9.17, 15) is 5.11 Å². The number of fused-ring (bicyclic) bond motifs is 6. The van der Waals surface area contributed by atoms with E-state index in [1.807, 2.05) is 6.20 Å². The van der Waals surface area contributed by atoms with Crippen LogP contribution in [0.15, 0.2) is 42.3 Å². The summed E-state index contributed by atoms with van der Waals surface area (Å²) >= 11 is 0. The molecule has 2 saturated carbocycles. The molecule has 144 valence electrons. The first-order chi connectivity index (χ1) is 13.0. The summed E-state index contributed by atoms with van der Waals surface area (Å²) in [5.74, 6) is 2.34. The number of aliphatic hydroxyl groups excluding tert-OH is 1. The highest BCUT2D eigenvalue weighted by Gasteiger charge is 2.55. The molecule has 6 atom stereocenters. The molecule has 0 aromatic carbocycles. The molecule has 5 rings (SSSR count). The Morgan fingerprint density at radius 2 is 1.96 bits per heavy atom. The zero-order chi connectivity index (χ0) is 18.6. The molecule has 1 N–H and O–H groups in total.